The van der Waals surface area contributed by atoms with Gasteiger partial charge in [-0.25, -0.2) is 0 Å². The van der Waals surface area contributed by atoms with E-state index in [9.17, 15) is 10.3 Å². The van der Waals surface area contributed by atoms with Crippen LogP contribution in [-0.2, 0) is 6.54 Å². The molecule has 0 saturated heterocycles. The van der Waals surface area contributed by atoms with Gasteiger partial charge in [-0.15, -0.1) is 0 Å². The van der Waals surface area contributed by atoms with E-state index < -0.39 is 6.10 Å². The van der Waals surface area contributed by atoms with Crippen molar-refractivity contribution < 1.29 is 10.3 Å². The van der Waals surface area contributed by atoms with Crippen LogP contribution < -0.4 is 0 Å². The van der Waals surface area contributed by atoms with Gasteiger partial charge < -0.3 is 10.3 Å². The lowest BCUT2D eigenvalue weighted by molar-refractivity contribution is -0.165. The zero-order valence-corrected chi connectivity index (χ0v) is 11.6. The monoisotopic (exact) mass is 251 g/mol. The van der Waals surface area contributed by atoms with Crippen LogP contribution in [0.1, 0.15) is 39.2 Å². The maximum Gasteiger partial charge on any atom is 0.0721 e. The molecule has 0 radical (unpaired) electrons. The van der Waals surface area contributed by atoms with E-state index in [1.54, 1.807) is 0 Å². The summed E-state index contributed by atoms with van der Waals surface area (Å²) in [5.74, 6) is 0.430. The molecular weight excluding hydrogens is 226 g/mol. The highest BCUT2D eigenvalue weighted by Gasteiger charge is 2.24. The second-order valence-corrected chi connectivity index (χ2v) is 5.26. The van der Waals surface area contributed by atoms with Crippen molar-refractivity contribution in [3.63, 3.8) is 0 Å². The molecule has 3 nitrogen and oxygen atoms in total. The van der Waals surface area contributed by atoms with Gasteiger partial charge in [0.15, 0.2) is 0 Å². The van der Waals surface area contributed by atoms with Crippen molar-refractivity contribution in [3.05, 3.63) is 35.9 Å². The average Bonchev–Trinajstić information content (AvgIpc) is 2.30. The SMILES string of the molecule is CCC(C(O)CC(C)C)N(O)Cc1ccccc1. The molecule has 0 heterocycles. The molecule has 18 heavy (non-hydrogen) atoms. The summed E-state index contributed by atoms with van der Waals surface area (Å²) >= 11 is 0. The summed E-state index contributed by atoms with van der Waals surface area (Å²) in [6, 6.07) is 9.61. The van der Waals surface area contributed by atoms with Gasteiger partial charge in [0.2, 0.25) is 0 Å². The Labute approximate surface area is 110 Å². The topological polar surface area (TPSA) is 43.7 Å². The standard InChI is InChI=1S/C15H25NO2/c1-4-14(15(17)10-12(2)3)16(18)11-13-8-6-5-7-9-13/h5-9,12,14-15,17-18H,4,10-11H2,1-3H3. The number of benzene rings is 1. The molecule has 102 valence electrons. The fourth-order valence-electron chi connectivity index (χ4n) is 2.21. The summed E-state index contributed by atoms with van der Waals surface area (Å²) in [6.45, 7) is 6.60. The third-order valence-electron chi connectivity index (χ3n) is 3.15. The van der Waals surface area contributed by atoms with Crippen molar-refractivity contribution in [2.75, 3.05) is 0 Å². The molecule has 1 aromatic rings. The predicted octanol–water partition coefficient (Wildman–Crippen LogP) is 3.06. The number of hydrogen-bond acceptors (Lipinski definition) is 3. The number of aliphatic hydroxyl groups is 1. The number of aliphatic hydroxyl groups excluding tert-OH is 1. The molecular formula is C15H25NO2. The molecule has 0 aliphatic carbocycles. The largest absolute Gasteiger partial charge is 0.391 e. The summed E-state index contributed by atoms with van der Waals surface area (Å²) in [5, 5.41) is 21.5. The molecule has 0 amide bonds. The van der Waals surface area contributed by atoms with E-state index in [0.717, 1.165) is 12.0 Å². The van der Waals surface area contributed by atoms with E-state index in [1.165, 1.54) is 5.06 Å². The minimum atomic E-state index is -0.483. The molecule has 0 saturated carbocycles. The number of hydroxylamine groups is 2. The van der Waals surface area contributed by atoms with Gasteiger partial charge in [-0.2, -0.15) is 5.06 Å². The van der Waals surface area contributed by atoms with Crippen molar-refractivity contribution in [2.24, 2.45) is 5.92 Å². The third-order valence-corrected chi connectivity index (χ3v) is 3.15. The smallest absolute Gasteiger partial charge is 0.0721 e. The van der Waals surface area contributed by atoms with Crippen LogP contribution in [0.4, 0.5) is 0 Å². The second-order valence-electron chi connectivity index (χ2n) is 5.26. The molecule has 0 aliphatic heterocycles. The Balaban J connectivity index is 2.59. The number of nitrogens with zero attached hydrogens (tertiary/aromatic N) is 1. The van der Waals surface area contributed by atoms with Crippen molar-refractivity contribution in [1.82, 2.24) is 5.06 Å². The molecule has 0 bridgehead atoms. The Kier molecular flexibility index (Phi) is 6.33. The van der Waals surface area contributed by atoms with Crippen LogP contribution >= 0.6 is 0 Å². The molecule has 0 aromatic heterocycles. The highest BCUT2D eigenvalue weighted by molar-refractivity contribution is 5.14. The van der Waals surface area contributed by atoms with Crippen LogP contribution in [0.2, 0.25) is 0 Å². The van der Waals surface area contributed by atoms with E-state index in [-0.39, 0.29) is 6.04 Å². The van der Waals surface area contributed by atoms with Gasteiger partial charge in [0.1, 0.15) is 0 Å². The molecule has 0 spiro atoms. The van der Waals surface area contributed by atoms with Gasteiger partial charge in [-0.05, 0) is 24.3 Å². The quantitative estimate of drug-likeness (QED) is 0.732. The molecule has 2 unspecified atom stereocenters. The first-order chi connectivity index (χ1) is 8.54. The van der Waals surface area contributed by atoms with Crippen molar-refractivity contribution in [1.29, 1.82) is 0 Å². The Bertz CT molecular complexity index is 327. The first kappa shape index (κ1) is 15.2. The van der Waals surface area contributed by atoms with Gasteiger partial charge in [-0.3, -0.25) is 0 Å². The highest BCUT2D eigenvalue weighted by atomic mass is 16.5. The normalized spacial score (nSPS) is 15.1. The van der Waals surface area contributed by atoms with E-state index in [0.29, 0.717) is 18.9 Å². The van der Waals surface area contributed by atoms with Crippen LogP contribution in [0, 0.1) is 5.92 Å². The Hall–Kier alpha value is -0.900. The van der Waals surface area contributed by atoms with Crippen molar-refractivity contribution in [2.45, 2.75) is 52.3 Å². The summed E-state index contributed by atoms with van der Waals surface area (Å²) in [7, 11) is 0. The molecule has 1 rings (SSSR count). The minimum absolute atomic E-state index is 0.201. The summed E-state index contributed by atoms with van der Waals surface area (Å²) in [4.78, 5) is 0. The molecule has 0 fully saturated rings. The number of hydrogen-bond donors (Lipinski definition) is 2. The van der Waals surface area contributed by atoms with E-state index in [2.05, 4.69) is 13.8 Å². The average molecular weight is 251 g/mol. The fraction of sp³-hybridized carbons (Fsp3) is 0.600. The van der Waals surface area contributed by atoms with Gasteiger partial charge in [-0.1, -0.05) is 51.1 Å². The Morgan fingerprint density at radius 3 is 2.28 bits per heavy atom. The molecule has 3 heteroatoms. The van der Waals surface area contributed by atoms with Crippen LogP contribution in [0.5, 0.6) is 0 Å². The van der Waals surface area contributed by atoms with E-state index in [1.807, 2.05) is 37.3 Å². The Morgan fingerprint density at radius 1 is 1.17 bits per heavy atom. The van der Waals surface area contributed by atoms with Crippen LogP contribution in [0.25, 0.3) is 0 Å². The van der Waals surface area contributed by atoms with Crippen LogP contribution in [0.3, 0.4) is 0 Å². The minimum Gasteiger partial charge on any atom is -0.391 e. The highest BCUT2D eigenvalue weighted by Crippen LogP contribution is 2.16. The fourth-order valence-corrected chi connectivity index (χ4v) is 2.21. The molecule has 2 N–H and O–H groups in total. The third kappa shape index (κ3) is 4.77. The maximum absolute atomic E-state index is 10.1. The summed E-state index contributed by atoms with van der Waals surface area (Å²) < 4.78 is 0. The number of rotatable bonds is 7. The first-order valence-corrected chi connectivity index (χ1v) is 6.72. The molecule has 1 aromatic carbocycles. The van der Waals surface area contributed by atoms with Crippen LogP contribution in [-0.4, -0.2) is 27.5 Å². The first-order valence-electron chi connectivity index (χ1n) is 6.72. The van der Waals surface area contributed by atoms with Gasteiger partial charge >= 0.3 is 0 Å². The predicted molar refractivity (Wildman–Crippen MR) is 73.3 cm³/mol. The molecule has 2 atom stereocenters. The van der Waals surface area contributed by atoms with E-state index >= 15 is 0 Å². The van der Waals surface area contributed by atoms with E-state index in [4.69, 9.17) is 0 Å². The summed E-state index contributed by atoms with van der Waals surface area (Å²) in [5.41, 5.74) is 1.05. The lowest BCUT2D eigenvalue weighted by atomic mass is 9.98. The Morgan fingerprint density at radius 2 is 1.78 bits per heavy atom. The lowest BCUT2D eigenvalue weighted by Gasteiger charge is -2.30. The van der Waals surface area contributed by atoms with Crippen molar-refractivity contribution in [3.8, 4) is 0 Å². The second kappa shape index (κ2) is 7.52. The van der Waals surface area contributed by atoms with Crippen molar-refractivity contribution >= 4 is 0 Å². The van der Waals surface area contributed by atoms with Gasteiger partial charge in [0, 0.05) is 6.54 Å². The summed E-state index contributed by atoms with van der Waals surface area (Å²) in [6.07, 6.45) is 0.963. The maximum atomic E-state index is 10.1. The van der Waals surface area contributed by atoms with Gasteiger partial charge in [0.25, 0.3) is 0 Å². The zero-order chi connectivity index (χ0) is 13.5. The molecule has 0 aliphatic rings. The lowest BCUT2D eigenvalue weighted by Crippen LogP contribution is -2.41. The van der Waals surface area contributed by atoms with Crippen LogP contribution in [0.15, 0.2) is 30.3 Å². The van der Waals surface area contributed by atoms with Gasteiger partial charge in [0.05, 0.1) is 12.1 Å². The zero-order valence-electron chi connectivity index (χ0n) is 11.6.